The van der Waals surface area contributed by atoms with E-state index < -0.39 is 0 Å². The first-order valence-electron chi connectivity index (χ1n) is 6.86. The minimum atomic E-state index is 0.688. The fraction of sp³-hybridized carbons (Fsp3) is 0.375. The molecule has 0 bridgehead atoms. The molecule has 19 heavy (non-hydrogen) atoms. The molecule has 1 aromatic heterocycles. The zero-order valence-corrected chi connectivity index (χ0v) is 11.7. The highest BCUT2D eigenvalue weighted by molar-refractivity contribution is 5.63. The van der Waals surface area contributed by atoms with E-state index in [9.17, 15) is 0 Å². The second-order valence-corrected chi connectivity index (χ2v) is 4.78. The number of rotatable bonds is 5. The number of aromatic nitrogens is 2. The van der Waals surface area contributed by atoms with Gasteiger partial charge in [-0.15, -0.1) is 0 Å². The first-order chi connectivity index (χ1) is 9.24. The third-order valence-corrected chi connectivity index (χ3v) is 3.16. The summed E-state index contributed by atoms with van der Waals surface area (Å²) in [5.74, 6) is 0.820. The molecule has 3 heteroatoms. The zero-order valence-electron chi connectivity index (χ0n) is 11.7. The van der Waals surface area contributed by atoms with Crippen LogP contribution in [-0.2, 0) is 12.8 Å². The Kier molecular flexibility index (Phi) is 4.63. The molecule has 2 aromatic rings. The van der Waals surface area contributed by atoms with E-state index in [1.165, 1.54) is 11.1 Å². The van der Waals surface area contributed by atoms with E-state index in [4.69, 9.17) is 5.73 Å². The number of benzene rings is 1. The Labute approximate surface area is 114 Å². The molecule has 1 heterocycles. The van der Waals surface area contributed by atoms with Crippen LogP contribution in [0.25, 0.3) is 11.3 Å². The molecule has 0 aliphatic rings. The summed E-state index contributed by atoms with van der Waals surface area (Å²) in [6, 6.07) is 8.53. The summed E-state index contributed by atoms with van der Waals surface area (Å²) >= 11 is 0. The van der Waals surface area contributed by atoms with Crippen LogP contribution in [0.4, 0.5) is 0 Å². The van der Waals surface area contributed by atoms with E-state index in [-0.39, 0.29) is 0 Å². The molecule has 0 fully saturated rings. The van der Waals surface area contributed by atoms with Crippen LogP contribution in [0.3, 0.4) is 0 Å². The van der Waals surface area contributed by atoms with E-state index in [0.29, 0.717) is 6.54 Å². The van der Waals surface area contributed by atoms with Crippen molar-refractivity contribution in [3.8, 4) is 11.3 Å². The standard InChI is InChI=1S/C16H21N3/c1-3-4-15-11-18-12(2)19-16(15)14-7-5-13(6-8-14)9-10-17/h5-8,11H,3-4,9-10,17H2,1-2H3. The molecule has 0 atom stereocenters. The molecule has 0 saturated carbocycles. The third kappa shape index (κ3) is 3.38. The van der Waals surface area contributed by atoms with Crippen LogP contribution in [0.5, 0.6) is 0 Å². The fourth-order valence-corrected chi connectivity index (χ4v) is 2.19. The summed E-state index contributed by atoms with van der Waals surface area (Å²) in [5, 5.41) is 0. The average molecular weight is 255 g/mol. The summed E-state index contributed by atoms with van der Waals surface area (Å²) in [6.45, 7) is 4.79. The fourth-order valence-electron chi connectivity index (χ4n) is 2.19. The van der Waals surface area contributed by atoms with Gasteiger partial charge in [0.05, 0.1) is 5.69 Å². The molecule has 0 radical (unpaired) electrons. The number of hydrogen-bond acceptors (Lipinski definition) is 3. The highest BCUT2D eigenvalue weighted by Crippen LogP contribution is 2.23. The average Bonchev–Trinajstić information content (AvgIpc) is 2.42. The van der Waals surface area contributed by atoms with Gasteiger partial charge in [-0.2, -0.15) is 0 Å². The summed E-state index contributed by atoms with van der Waals surface area (Å²) in [6.07, 6.45) is 4.99. The molecule has 0 aliphatic heterocycles. The molecule has 2 rings (SSSR count). The van der Waals surface area contributed by atoms with Crippen LogP contribution in [0, 0.1) is 6.92 Å². The zero-order chi connectivity index (χ0) is 13.7. The van der Waals surface area contributed by atoms with Gasteiger partial charge in [0.2, 0.25) is 0 Å². The van der Waals surface area contributed by atoms with Gasteiger partial charge in [-0.25, -0.2) is 9.97 Å². The Morgan fingerprint density at radius 3 is 2.47 bits per heavy atom. The van der Waals surface area contributed by atoms with E-state index in [0.717, 1.165) is 36.3 Å². The monoisotopic (exact) mass is 255 g/mol. The van der Waals surface area contributed by atoms with Crippen molar-refractivity contribution in [2.75, 3.05) is 6.54 Å². The topological polar surface area (TPSA) is 51.8 Å². The lowest BCUT2D eigenvalue weighted by molar-refractivity contribution is 0.893. The predicted octanol–water partition coefficient (Wildman–Crippen LogP) is 2.91. The van der Waals surface area contributed by atoms with Crippen molar-refractivity contribution in [2.45, 2.75) is 33.1 Å². The summed E-state index contributed by atoms with van der Waals surface area (Å²) in [4.78, 5) is 8.91. The molecule has 0 unspecified atom stereocenters. The Morgan fingerprint density at radius 1 is 1.11 bits per heavy atom. The van der Waals surface area contributed by atoms with E-state index in [2.05, 4.69) is 41.2 Å². The molecule has 100 valence electrons. The van der Waals surface area contributed by atoms with Gasteiger partial charge >= 0.3 is 0 Å². The Morgan fingerprint density at radius 2 is 1.84 bits per heavy atom. The lowest BCUT2D eigenvalue weighted by Gasteiger charge is -2.09. The summed E-state index contributed by atoms with van der Waals surface area (Å²) < 4.78 is 0. The van der Waals surface area contributed by atoms with E-state index in [1.807, 2.05) is 13.1 Å². The van der Waals surface area contributed by atoms with Crippen LogP contribution in [0.15, 0.2) is 30.5 Å². The third-order valence-electron chi connectivity index (χ3n) is 3.16. The lowest BCUT2D eigenvalue weighted by Crippen LogP contribution is -2.02. The van der Waals surface area contributed by atoms with Gasteiger partial charge in [-0.05, 0) is 37.4 Å². The smallest absolute Gasteiger partial charge is 0.125 e. The maximum absolute atomic E-state index is 5.57. The molecular weight excluding hydrogens is 234 g/mol. The highest BCUT2D eigenvalue weighted by Gasteiger charge is 2.07. The molecular formula is C16H21N3. The normalized spacial score (nSPS) is 10.7. The van der Waals surface area contributed by atoms with Gasteiger partial charge in [0, 0.05) is 11.8 Å². The first kappa shape index (κ1) is 13.7. The molecule has 2 N–H and O–H groups in total. The van der Waals surface area contributed by atoms with Gasteiger partial charge in [-0.3, -0.25) is 0 Å². The molecule has 0 aliphatic carbocycles. The first-order valence-corrected chi connectivity index (χ1v) is 6.86. The predicted molar refractivity (Wildman–Crippen MR) is 79.0 cm³/mol. The Hall–Kier alpha value is -1.74. The van der Waals surface area contributed by atoms with Crippen LogP contribution >= 0.6 is 0 Å². The molecule has 0 amide bonds. The number of hydrogen-bond donors (Lipinski definition) is 1. The largest absolute Gasteiger partial charge is 0.330 e. The minimum Gasteiger partial charge on any atom is -0.330 e. The maximum atomic E-state index is 5.57. The molecule has 3 nitrogen and oxygen atoms in total. The molecule has 0 spiro atoms. The Balaban J connectivity index is 2.36. The van der Waals surface area contributed by atoms with Gasteiger partial charge in [0.1, 0.15) is 5.82 Å². The molecule has 0 saturated heterocycles. The van der Waals surface area contributed by atoms with Crippen molar-refractivity contribution >= 4 is 0 Å². The molecule has 1 aromatic carbocycles. The number of nitrogens with zero attached hydrogens (tertiary/aromatic N) is 2. The van der Waals surface area contributed by atoms with Crippen molar-refractivity contribution in [3.63, 3.8) is 0 Å². The lowest BCUT2D eigenvalue weighted by atomic mass is 10.0. The van der Waals surface area contributed by atoms with Gasteiger partial charge in [0.15, 0.2) is 0 Å². The van der Waals surface area contributed by atoms with Crippen molar-refractivity contribution < 1.29 is 0 Å². The second-order valence-electron chi connectivity index (χ2n) is 4.78. The van der Waals surface area contributed by atoms with Crippen LogP contribution in [0.2, 0.25) is 0 Å². The van der Waals surface area contributed by atoms with Crippen LogP contribution in [0.1, 0.15) is 30.3 Å². The van der Waals surface area contributed by atoms with Gasteiger partial charge in [0.25, 0.3) is 0 Å². The maximum Gasteiger partial charge on any atom is 0.125 e. The quantitative estimate of drug-likeness (QED) is 0.893. The number of aryl methyl sites for hydroxylation is 2. The second kappa shape index (κ2) is 6.43. The highest BCUT2D eigenvalue weighted by atomic mass is 14.9. The summed E-state index contributed by atoms with van der Waals surface area (Å²) in [7, 11) is 0. The van der Waals surface area contributed by atoms with Crippen molar-refractivity contribution in [1.29, 1.82) is 0 Å². The summed E-state index contributed by atoms with van der Waals surface area (Å²) in [5.41, 5.74) is 10.3. The number of nitrogens with two attached hydrogens (primary N) is 1. The van der Waals surface area contributed by atoms with Crippen molar-refractivity contribution in [2.24, 2.45) is 5.73 Å². The van der Waals surface area contributed by atoms with Gasteiger partial charge in [-0.1, -0.05) is 37.6 Å². The van der Waals surface area contributed by atoms with Crippen LogP contribution < -0.4 is 5.73 Å². The SMILES string of the molecule is CCCc1cnc(C)nc1-c1ccc(CCN)cc1. The van der Waals surface area contributed by atoms with E-state index >= 15 is 0 Å². The van der Waals surface area contributed by atoms with Gasteiger partial charge < -0.3 is 5.73 Å². The van der Waals surface area contributed by atoms with Crippen LogP contribution in [-0.4, -0.2) is 16.5 Å². The Bertz CT molecular complexity index is 532. The van der Waals surface area contributed by atoms with Crippen molar-refractivity contribution in [1.82, 2.24) is 9.97 Å². The minimum absolute atomic E-state index is 0.688. The van der Waals surface area contributed by atoms with Crippen molar-refractivity contribution in [3.05, 3.63) is 47.4 Å². The van der Waals surface area contributed by atoms with E-state index in [1.54, 1.807) is 0 Å².